The van der Waals surface area contributed by atoms with Crippen LogP contribution in [-0.2, 0) is 6.54 Å². The van der Waals surface area contributed by atoms with E-state index in [1.54, 1.807) is 6.20 Å². The Bertz CT molecular complexity index is 926. The molecular formula is C20H17N3. The summed E-state index contributed by atoms with van der Waals surface area (Å²) in [5, 5.41) is 4.71. The highest BCUT2D eigenvalue weighted by Crippen LogP contribution is 2.22. The van der Waals surface area contributed by atoms with Crippen LogP contribution in [0.2, 0.25) is 0 Å². The van der Waals surface area contributed by atoms with Crippen LogP contribution in [0, 0.1) is 0 Å². The molecule has 1 N–H and O–H groups in total. The molecule has 2 aromatic heterocycles. The van der Waals surface area contributed by atoms with Crippen molar-refractivity contribution in [3.05, 3.63) is 90.9 Å². The van der Waals surface area contributed by atoms with Gasteiger partial charge in [-0.25, -0.2) is 0 Å². The molecule has 3 heteroatoms. The van der Waals surface area contributed by atoms with Crippen LogP contribution in [0.3, 0.4) is 0 Å². The maximum absolute atomic E-state index is 4.15. The topological polar surface area (TPSA) is 29.9 Å². The molecular weight excluding hydrogens is 282 g/mol. The van der Waals surface area contributed by atoms with Crippen LogP contribution in [0.5, 0.6) is 0 Å². The van der Waals surface area contributed by atoms with Gasteiger partial charge in [0.15, 0.2) is 0 Å². The molecule has 2 heterocycles. The van der Waals surface area contributed by atoms with Gasteiger partial charge in [-0.1, -0.05) is 30.3 Å². The minimum Gasteiger partial charge on any atom is -0.381 e. The molecule has 0 unspecified atom stereocenters. The molecule has 0 amide bonds. The zero-order valence-electron chi connectivity index (χ0n) is 12.7. The number of anilines is 1. The molecule has 0 bridgehead atoms. The zero-order valence-corrected chi connectivity index (χ0v) is 12.7. The fraction of sp³-hybridized carbons (Fsp3) is 0.0500. The average molecular weight is 299 g/mol. The van der Waals surface area contributed by atoms with Crippen molar-refractivity contribution in [3.8, 4) is 5.69 Å². The smallest absolute Gasteiger partial charge is 0.0528 e. The van der Waals surface area contributed by atoms with E-state index in [0.29, 0.717) is 0 Å². The number of benzene rings is 2. The largest absolute Gasteiger partial charge is 0.381 e. The van der Waals surface area contributed by atoms with Crippen molar-refractivity contribution in [2.24, 2.45) is 0 Å². The van der Waals surface area contributed by atoms with Crippen LogP contribution >= 0.6 is 0 Å². The standard InChI is InChI=1S/C20H17N3/c1-2-9-20-17(6-1)10-12-23(20)19-8-3-7-18(13-19)22-15-16-5-4-11-21-14-16/h1-14,22H,15H2. The van der Waals surface area contributed by atoms with Gasteiger partial charge >= 0.3 is 0 Å². The lowest BCUT2D eigenvalue weighted by Crippen LogP contribution is -2.00. The number of hydrogen-bond acceptors (Lipinski definition) is 2. The summed E-state index contributed by atoms with van der Waals surface area (Å²) in [5.74, 6) is 0. The van der Waals surface area contributed by atoms with Crippen molar-refractivity contribution < 1.29 is 0 Å². The number of rotatable bonds is 4. The van der Waals surface area contributed by atoms with Crippen molar-refractivity contribution in [2.45, 2.75) is 6.54 Å². The molecule has 0 saturated carbocycles. The normalized spacial score (nSPS) is 10.8. The highest BCUT2D eigenvalue weighted by molar-refractivity contribution is 5.82. The molecule has 23 heavy (non-hydrogen) atoms. The van der Waals surface area contributed by atoms with E-state index in [-0.39, 0.29) is 0 Å². The summed E-state index contributed by atoms with van der Waals surface area (Å²) in [6.45, 7) is 0.768. The van der Waals surface area contributed by atoms with E-state index in [1.165, 1.54) is 16.5 Å². The van der Waals surface area contributed by atoms with Gasteiger partial charge in [-0.05, 0) is 47.3 Å². The second-order valence-corrected chi connectivity index (χ2v) is 5.51. The van der Waals surface area contributed by atoms with Gasteiger partial charge in [0, 0.05) is 36.5 Å². The molecule has 0 aliphatic rings. The van der Waals surface area contributed by atoms with Gasteiger partial charge in [0.05, 0.1) is 5.52 Å². The number of nitrogens with one attached hydrogen (secondary N) is 1. The second-order valence-electron chi connectivity index (χ2n) is 5.51. The molecule has 0 fully saturated rings. The van der Waals surface area contributed by atoms with Crippen LogP contribution < -0.4 is 5.32 Å². The molecule has 0 aliphatic heterocycles. The predicted molar refractivity (Wildman–Crippen MR) is 94.8 cm³/mol. The van der Waals surface area contributed by atoms with Crippen LogP contribution in [0.4, 0.5) is 5.69 Å². The van der Waals surface area contributed by atoms with Crippen LogP contribution in [0.15, 0.2) is 85.3 Å². The highest BCUT2D eigenvalue weighted by Gasteiger charge is 2.03. The van der Waals surface area contributed by atoms with Gasteiger partial charge in [0.2, 0.25) is 0 Å². The Kier molecular flexibility index (Phi) is 3.53. The number of fused-ring (bicyclic) bond motifs is 1. The molecule has 0 saturated heterocycles. The molecule has 112 valence electrons. The lowest BCUT2D eigenvalue weighted by atomic mass is 10.2. The minimum atomic E-state index is 0.768. The summed E-state index contributed by atoms with van der Waals surface area (Å²) < 4.78 is 2.21. The first-order chi connectivity index (χ1) is 11.4. The lowest BCUT2D eigenvalue weighted by molar-refractivity contribution is 1.10. The van der Waals surface area contributed by atoms with Crippen molar-refractivity contribution in [1.82, 2.24) is 9.55 Å². The van der Waals surface area contributed by atoms with Gasteiger partial charge in [-0.2, -0.15) is 0 Å². The number of nitrogens with zero attached hydrogens (tertiary/aromatic N) is 2. The van der Waals surface area contributed by atoms with E-state index in [9.17, 15) is 0 Å². The van der Waals surface area contributed by atoms with Gasteiger partial charge < -0.3 is 9.88 Å². The Labute approximate surface area is 135 Å². The van der Waals surface area contributed by atoms with Crippen molar-refractivity contribution >= 4 is 16.6 Å². The Hall–Kier alpha value is -3.07. The summed E-state index contributed by atoms with van der Waals surface area (Å²) >= 11 is 0. The minimum absolute atomic E-state index is 0.768. The summed E-state index contributed by atoms with van der Waals surface area (Å²) in [5.41, 5.74) is 4.65. The quantitative estimate of drug-likeness (QED) is 0.595. The third-order valence-electron chi connectivity index (χ3n) is 3.94. The van der Waals surface area contributed by atoms with E-state index < -0.39 is 0 Å². The fourth-order valence-corrected chi connectivity index (χ4v) is 2.78. The molecule has 0 spiro atoms. The fourth-order valence-electron chi connectivity index (χ4n) is 2.78. The maximum Gasteiger partial charge on any atom is 0.0528 e. The number of para-hydroxylation sites is 1. The van der Waals surface area contributed by atoms with E-state index in [1.807, 2.05) is 12.3 Å². The molecule has 2 aromatic carbocycles. The number of hydrogen-bond donors (Lipinski definition) is 1. The van der Waals surface area contributed by atoms with Crippen LogP contribution in [0.1, 0.15) is 5.56 Å². The highest BCUT2D eigenvalue weighted by atomic mass is 15.0. The van der Waals surface area contributed by atoms with E-state index in [4.69, 9.17) is 0 Å². The summed E-state index contributed by atoms with van der Waals surface area (Å²) in [6.07, 6.45) is 5.79. The second kappa shape index (κ2) is 5.97. The van der Waals surface area contributed by atoms with Crippen LogP contribution in [0.25, 0.3) is 16.6 Å². The Morgan fingerprint density at radius 3 is 2.78 bits per heavy atom. The van der Waals surface area contributed by atoms with Gasteiger partial charge in [-0.3, -0.25) is 4.98 Å². The molecule has 0 radical (unpaired) electrons. The predicted octanol–water partition coefficient (Wildman–Crippen LogP) is 4.64. The first kappa shape index (κ1) is 13.6. The number of pyridine rings is 1. The third kappa shape index (κ3) is 2.81. The SMILES string of the molecule is c1cncc(CNc2cccc(-n3ccc4ccccc43)c2)c1. The van der Waals surface area contributed by atoms with E-state index >= 15 is 0 Å². The van der Waals surface area contributed by atoms with Crippen molar-refractivity contribution in [2.75, 3.05) is 5.32 Å². The molecule has 0 aliphatic carbocycles. The third-order valence-corrected chi connectivity index (χ3v) is 3.94. The Morgan fingerprint density at radius 2 is 1.87 bits per heavy atom. The maximum atomic E-state index is 4.15. The van der Waals surface area contributed by atoms with Crippen LogP contribution in [-0.4, -0.2) is 9.55 Å². The first-order valence-electron chi connectivity index (χ1n) is 7.69. The first-order valence-corrected chi connectivity index (χ1v) is 7.69. The summed E-state index contributed by atoms with van der Waals surface area (Å²) in [6, 6.07) is 23.1. The Morgan fingerprint density at radius 1 is 0.913 bits per heavy atom. The summed E-state index contributed by atoms with van der Waals surface area (Å²) in [7, 11) is 0. The lowest BCUT2D eigenvalue weighted by Gasteiger charge is -2.10. The van der Waals surface area contributed by atoms with Crippen molar-refractivity contribution in [1.29, 1.82) is 0 Å². The van der Waals surface area contributed by atoms with Gasteiger partial charge in [0.1, 0.15) is 0 Å². The monoisotopic (exact) mass is 299 g/mol. The molecule has 4 aromatic rings. The average Bonchev–Trinajstić information content (AvgIpc) is 3.05. The van der Waals surface area contributed by atoms with E-state index in [2.05, 4.69) is 81.7 Å². The van der Waals surface area contributed by atoms with Gasteiger partial charge in [-0.15, -0.1) is 0 Å². The van der Waals surface area contributed by atoms with Crippen molar-refractivity contribution in [3.63, 3.8) is 0 Å². The zero-order chi connectivity index (χ0) is 15.5. The molecule has 4 rings (SSSR count). The molecule has 3 nitrogen and oxygen atoms in total. The summed E-state index contributed by atoms with van der Waals surface area (Å²) in [4.78, 5) is 4.15. The molecule has 0 atom stereocenters. The Balaban J connectivity index is 1.61. The van der Waals surface area contributed by atoms with Gasteiger partial charge in [0.25, 0.3) is 0 Å². The van der Waals surface area contributed by atoms with E-state index in [0.717, 1.165) is 17.9 Å². The number of aromatic nitrogens is 2.